The highest BCUT2D eigenvalue weighted by atomic mass is 79.9. The lowest BCUT2D eigenvalue weighted by atomic mass is 10.1. The molecular formula is C25H28BrN3OS. The molecule has 1 aromatic heterocycles. The zero-order valence-electron chi connectivity index (χ0n) is 18.6. The first-order valence-corrected chi connectivity index (χ1v) is 12.1. The molecule has 31 heavy (non-hydrogen) atoms. The molecule has 4 nitrogen and oxygen atoms in total. The van der Waals surface area contributed by atoms with Gasteiger partial charge in [0.25, 0.3) is 0 Å². The van der Waals surface area contributed by atoms with Crippen molar-refractivity contribution in [3.63, 3.8) is 0 Å². The number of benzene rings is 2. The van der Waals surface area contributed by atoms with Crippen LogP contribution in [0.3, 0.4) is 0 Å². The molecule has 0 spiro atoms. The van der Waals surface area contributed by atoms with Gasteiger partial charge in [-0.15, -0.1) is 11.8 Å². The highest BCUT2D eigenvalue weighted by Crippen LogP contribution is 2.29. The zero-order chi connectivity index (χ0) is 22.5. The monoisotopic (exact) mass is 497 g/mol. The number of hydrazone groups is 1. The molecule has 1 N–H and O–H groups in total. The number of thioether (sulfide) groups is 1. The van der Waals surface area contributed by atoms with E-state index in [1.807, 2.05) is 0 Å². The molecule has 0 aliphatic rings. The molecule has 0 saturated carbocycles. The first kappa shape index (κ1) is 23.4. The predicted octanol–water partition coefficient (Wildman–Crippen LogP) is 6.17. The molecule has 0 aliphatic carbocycles. The number of aryl methyl sites for hydroxylation is 3. The topological polar surface area (TPSA) is 46.4 Å². The average Bonchev–Trinajstić information content (AvgIpc) is 2.91. The van der Waals surface area contributed by atoms with Crippen LogP contribution in [0.4, 0.5) is 0 Å². The summed E-state index contributed by atoms with van der Waals surface area (Å²) in [6.45, 7) is 10.4. The second-order valence-corrected chi connectivity index (χ2v) is 9.63. The highest BCUT2D eigenvalue weighted by Gasteiger charge is 2.15. The lowest BCUT2D eigenvalue weighted by Gasteiger charge is -2.09. The van der Waals surface area contributed by atoms with Crippen molar-refractivity contribution in [3.05, 3.63) is 86.1 Å². The maximum Gasteiger partial charge on any atom is 0.250 e. The van der Waals surface area contributed by atoms with Crippen molar-refractivity contribution in [2.24, 2.45) is 5.10 Å². The summed E-state index contributed by atoms with van der Waals surface area (Å²) in [4.78, 5) is 12.2. The Morgan fingerprint density at radius 2 is 1.65 bits per heavy atom. The van der Waals surface area contributed by atoms with Crippen LogP contribution >= 0.6 is 27.7 Å². The minimum atomic E-state index is -0.103. The van der Waals surface area contributed by atoms with Gasteiger partial charge in [0, 0.05) is 32.9 Å². The Morgan fingerprint density at radius 1 is 1.00 bits per heavy atom. The Balaban J connectivity index is 1.61. The van der Waals surface area contributed by atoms with Crippen molar-refractivity contribution in [2.75, 3.05) is 5.75 Å². The van der Waals surface area contributed by atoms with E-state index in [1.54, 1.807) is 18.0 Å². The lowest BCUT2D eigenvalue weighted by Crippen LogP contribution is -2.19. The number of amides is 1. The molecule has 3 aromatic rings. The van der Waals surface area contributed by atoms with Gasteiger partial charge in [-0.3, -0.25) is 4.79 Å². The van der Waals surface area contributed by atoms with Gasteiger partial charge in [-0.05, 0) is 68.2 Å². The molecular weight excluding hydrogens is 470 g/mol. The number of hydrogen-bond acceptors (Lipinski definition) is 3. The predicted molar refractivity (Wildman–Crippen MR) is 135 cm³/mol. The molecule has 0 aliphatic heterocycles. The first-order valence-electron chi connectivity index (χ1n) is 10.2. The Kier molecular flexibility index (Phi) is 7.79. The van der Waals surface area contributed by atoms with Crippen molar-refractivity contribution in [2.45, 2.75) is 40.4 Å². The van der Waals surface area contributed by atoms with Crippen LogP contribution in [0.5, 0.6) is 0 Å². The van der Waals surface area contributed by atoms with Gasteiger partial charge in [-0.25, -0.2) is 5.43 Å². The molecule has 0 fully saturated rings. The van der Waals surface area contributed by atoms with Gasteiger partial charge in [0.05, 0.1) is 12.0 Å². The number of carbonyl (C=O) groups excluding carboxylic acids is 1. The summed E-state index contributed by atoms with van der Waals surface area (Å²) in [5.41, 5.74) is 11.8. The number of hydrogen-bond donors (Lipinski definition) is 1. The lowest BCUT2D eigenvalue weighted by molar-refractivity contribution is -0.118. The SMILES string of the molecule is Cc1ccc(-n2c(C)c(Br)c(/C=N\NC(=O)CSCc3cc(C)cc(C)c3)c2C)cc1. The van der Waals surface area contributed by atoms with Gasteiger partial charge < -0.3 is 4.57 Å². The van der Waals surface area contributed by atoms with E-state index in [2.05, 4.69) is 108 Å². The summed E-state index contributed by atoms with van der Waals surface area (Å²) in [6.07, 6.45) is 1.71. The van der Waals surface area contributed by atoms with Gasteiger partial charge in [0.1, 0.15) is 0 Å². The molecule has 0 bridgehead atoms. The minimum absolute atomic E-state index is 0.103. The van der Waals surface area contributed by atoms with Crippen molar-refractivity contribution < 1.29 is 4.79 Å². The summed E-state index contributed by atoms with van der Waals surface area (Å²) in [7, 11) is 0. The average molecular weight is 498 g/mol. The molecule has 162 valence electrons. The van der Waals surface area contributed by atoms with Crippen LogP contribution < -0.4 is 5.43 Å². The maximum absolute atomic E-state index is 12.2. The van der Waals surface area contributed by atoms with Crippen LogP contribution in [-0.2, 0) is 10.5 Å². The number of rotatable bonds is 7. The van der Waals surface area contributed by atoms with Crippen LogP contribution in [0.15, 0.2) is 52.0 Å². The largest absolute Gasteiger partial charge is 0.317 e. The molecule has 2 aromatic carbocycles. The van der Waals surface area contributed by atoms with Crippen LogP contribution in [0.1, 0.15) is 39.2 Å². The Hall–Kier alpha value is -2.31. The van der Waals surface area contributed by atoms with E-state index in [0.29, 0.717) is 5.75 Å². The fourth-order valence-corrected chi connectivity index (χ4v) is 4.99. The fraction of sp³-hybridized carbons (Fsp3) is 0.280. The second-order valence-electron chi connectivity index (χ2n) is 7.85. The Labute approximate surface area is 197 Å². The molecule has 0 radical (unpaired) electrons. The smallest absolute Gasteiger partial charge is 0.250 e. The van der Waals surface area contributed by atoms with E-state index in [9.17, 15) is 4.79 Å². The van der Waals surface area contributed by atoms with Crippen molar-refractivity contribution in [1.82, 2.24) is 9.99 Å². The van der Waals surface area contributed by atoms with Crippen LogP contribution in [0, 0.1) is 34.6 Å². The summed E-state index contributed by atoms with van der Waals surface area (Å²) < 4.78 is 3.17. The number of nitrogens with zero attached hydrogens (tertiary/aromatic N) is 2. The third kappa shape index (κ3) is 5.89. The molecule has 0 atom stereocenters. The number of aromatic nitrogens is 1. The molecule has 0 saturated heterocycles. The minimum Gasteiger partial charge on any atom is -0.317 e. The summed E-state index contributed by atoms with van der Waals surface area (Å²) in [6, 6.07) is 14.9. The third-order valence-corrected chi connectivity index (χ3v) is 7.08. The molecule has 0 unspecified atom stereocenters. The Morgan fingerprint density at radius 3 is 2.29 bits per heavy atom. The summed E-state index contributed by atoms with van der Waals surface area (Å²) >= 11 is 5.27. The molecule has 6 heteroatoms. The number of carbonyl (C=O) groups is 1. The van der Waals surface area contributed by atoms with Gasteiger partial charge in [0.15, 0.2) is 0 Å². The van der Waals surface area contributed by atoms with Crippen LogP contribution in [0.2, 0.25) is 0 Å². The zero-order valence-corrected chi connectivity index (χ0v) is 21.0. The van der Waals surface area contributed by atoms with E-state index >= 15 is 0 Å². The normalized spacial score (nSPS) is 11.3. The Bertz CT molecular complexity index is 1100. The second kappa shape index (κ2) is 10.3. The van der Waals surface area contributed by atoms with Crippen LogP contribution in [0.25, 0.3) is 5.69 Å². The number of halogens is 1. The van der Waals surface area contributed by atoms with Gasteiger partial charge in [-0.1, -0.05) is 47.0 Å². The van der Waals surface area contributed by atoms with Crippen LogP contribution in [-0.4, -0.2) is 22.4 Å². The van der Waals surface area contributed by atoms with E-state index < -0.39 is 0 Å². The summed E-state index contributed by atoms with van der Waals surface area (Å²) in [5.74, 6) is 1.07. The highest BCUT2D eigenvalue weighted by molar-refractivity contribution is 9.10. The fourth-order valence-electron chi connectivity index (χ4n) is 3.67. The third-order valence-electron chi connectivity index (χ3n) is 5.07. The first-order chi connectivity index (χ1) is 14.8. The van der Waals surface area contributed by atoms with Gasteiger partial charge in [0.2, 0.25) is 5.91 Å². The maximum atomic E-state index is 12.2. The van der Waals surface area contributed by atoms with E-state index in [1.165, 1.54) is 22.3 Å². The van der Waals surface area contributed by atoms with Gasteiger partial charge in [-0.2, -0.15) is 5.10 Å². The van der Waals surface area contributed by atoms with Crippen molar-refractivity contribution in [1.29, 1.82) is 0 Å². The molecule has 1 heterocycles. The standard InChI is InChI=1S/C25H28BrN3OS/c1-16-6-8-22(9-7-16)29-19(4)23(25(26)20(29)5)13-27-28-24(30)15-31-14-21-11-17(2)10-18(3)12-21/h6-13H,14-15H2,1-5H3,(H,28,30)/b27-13-. The molecule has 1 amide bonds. The van der Waals surface area contributed by atoms with E-state index in [-0.39, 0.29) is 5.91 Å². The van der Waals surface area contributed by atoms with Crippen molar-refractivity contribution >= 4 is 39.8 Å². The molecule has 3 rings (SSSR count). The summed E-state index contributed by atoms with van der Waals surface area (Å²) in [5, 5.41) is 4.20. The number of nitrogens with one attached hydrogen (secondary N) is 1. The van der Waals surface area contributed by atoms with E-state index in [4.69, 9.17) is 0 Å². The van der Waals surface area contributed by atoms with Gasteiger partial charge >= 0.3 is 0 Å². The quantitative estimate of drug-likeness (QED) is 0.313. The van der Waals surface area contributed by atoms with Crippen molar-refractivity contribution in [3.8, 4) is 5.69 Å². The van der Waals surface area contributed by atoms with E-state index in [0.717, 1.165) is 32.9 Å².